The molecule has 6 heteroatoms. The summed E-state index contributed by atoms with van der Waals surface area (Å²) in [6.45, 7) is 3.52. The normalized spacial score (nSPS) is 20.8. The Morgan fingerprint density at radius 2 is 2.04 bits per heavy atom. The van der Waals surface area contributed by atoms with Crippen LogP contribution < -0.4 is 10.3 Å². The number of benzene rings is 2. The van der Waals surface area contributed by atoms with Crippen molar-refractivity contribution in [1.82, 2.24) is 9.78 Å². The molecule has 0 saturated heterocycles. The molecule has 3 aromatic rings. The highest BCUT2D eigenvalue weighted by atomic mass is 16.5. The first-order valence-corrected chi connectivity index (χ1v) is 8.30. The van der Waals surface area contributed by atoms with Gasteiger partial charge in [0, 0.05) is 10.9 Å². The van der Waals surface area contributed by atoms with Crippen LogP contribution in [0.15, 0.2) is 53.5 Å². The van der Waals surface area contributed by atoms with Crippen LogP contribution in [-0.4, -0.2) is 26.6 Å². The minimum Gasteiger partial charge on any atom is -0.485 e. The van der Waals surface area contributed by atoms with Crippen LogP contribution in [0.3, 0.4) is 0 Å². The van der Waals surface area contributed by atoms with Gasteiger partial charge in [0.2, 0.25) is 0 Å². The number of hydrogen-bond donors (Lipinski definition) is 1. The Balaban J connectivity index is 2.00. The number of rotatable bonds is 1. The number of nitrogens with zero attached hydrogens (tertiary/aromatic N) is 3. The largest absolute Gasteiger partial charge is 0.485 e. The van der Waals surface area contributed by atoms with Gasteiger partial charge in [-0.15, -0.1) is 0 Å². The highest BCUT2D eigenvalue weighted by Crippen LogP contribution is 2.41. The van der Waals surface area contributed by atoms with Gasteiger partial charge in [-0.3, -0.25) is 4.79 Å². The second kappa shape index (κ2) is 5.68. The lowest BCUT2D eigenvalue weighted by molar-refractivity contribution is -0.0665. The Labute approximate surface area is 149 Å². The summed E-state index contributed by atoms with van der Waals surface area (Å²) in [5, 5.41) is 25.7. The van der Waals surface area contributed by atoms with Crippen molar-refractivity contribution in [3.8, 4) is 11.8 Å². The van der Waals surface area contributed by atoms with Gasteiger partial charge in [0.25, 0.3) is 5.56 Å². The number of aliphatic hydroxyl groups excluding tert-OH is 1. The fourth-order valence-corrected chi connectivity index (χ4v) is 3.40. The van der Waals surface area contributed by atoms with E-state index in [1.807, 2.05) is 12.1 Å². The second-order valence-electron chi connectivity index (χ2n) is 6.94. The quantitative estimate of drug-likeness (QED) is 0.730. The number of aromatic nitrogens is 2. The smallest absolute Gasteiger partial charge is 0.275 e. The first-order valence-electron chi connectivity index (χ1n) is 8.30. The summed E-state index contributed by atoms with van der Waals surface area (Å²) in [6.07, 6.45) is 0.593. The second-order valence-corrected chi connectivity index (χ2v) is 6.94. The van der Waals surface area contributed by atoms with Gasteiger partial charge in [-0.2, -0.15) is 10.4 Å². The van der Waals surface area contributed by atoms with Crippen molar-refractivity contribution in [2.45, 2.75) is 31.6 Å². The maximum Gasteiger partial charge on any atom is 0.275 e. The van der Waals surface area contributed by atoms with Crippen LogP contribution in [0.4, 0.5) is 0 Å². The Morgan fingerprint density at radius 3 is 2.81 bits per heavy atom. The fraction of sp³-hybridized carbons (Fsp3) is 0.250. The van der Waals surface area contributed by atoms with E-state index in [-0.39, 0.29) is 5.56 Å². The molecule has 1 aliphatic heterocycles. The molecule has 4 rings (SSSR count). The van der Waals surface area contributed by atoms with Gasteiger partial charge in [0.15, 0.2) is 0 Å². The Morgan fingerprint density at radius 1 is 1.27 bits per heavy atom. The zero-order valence-electron chi connectivity index (χ0n) is 14.4. The van der Waals surface area contributed by atoms with Crippen molar-refractivity contribution in [2.75, 3.05) is 0 Å². The van der Waals surface area contributed by atoms with Gasteiger partial charge in [0.1, 0.15) is 23.5 Å². The van der Waals surface area contributed by atoms with E-state index < -0.39 is 17.7 Å². The molecule has 2 heterocycles. The lowest BCUT2D eigenvalue weighted by Gasteiger charge is -2.42. The average Bonchev–Trinajstić information content (AvgIpc) is 2.64. The van der Waals surface area contributed by atoms with E-state index >= 15 is 0 Å². The fourth-order valence-electron chi connectivity index (χ4n) is 3.40. The van der Waals surface area contributed by atoms with E-state index in [9.17, 15) is 15.2 Å². The van der Waals surface area contributed by atoms with E-state index in [2.05, 4.69) is 11.2 Å². The summed E-state index contributed by atoms with van der Waals surface area (Å²) in [5.74, 6) is 0.533. The molecule has 0 aliphatic carbocycles. The third kappa shape index (κ3) is 2.37. The average molecular weight is 347 g/mol. The van der Waals surface area contributed by atoms with Gasteiger partial charge in [0.05, 0.1) is 23.2 Å². The summed E-state index contributed by atoms with van der Waals surface area (Å²) >= 11 is 0. The molecule has 2 aromatic carbocycles. The molecule has 0 radical (unpaired) electrons. The molecule has 130 valence electrons. The molecule has 26 heavy (non-hydrogen) atoms. The number of nitriles is 1. The molecule has 0 bridgehead atoms. The summed E-state index contributed by atoms with van der Waals surface area (Å²) < 4.78 is 7.20. The standard InChI is InChI=1S/C20H17N3O3/c1-20(2)18(24)17(15-9-12(10-21)7-8-16(15)26-20)23-19(25)14-6-4-3-5-13(14)11-22-23/h3-9,11,17-18,24H,1-2H3/t17?,18-/m0/s1. The lowest BCUT2D eigenvalue weighted by Crippen LogP contribution is -2.52. The highest BCUT2D eigenvalue weighted by Gasteiger charge is 2.45. The minimum absolute atomic E-state index is 0.293. The van der Waals surface area contributed by atoms with Crippen LogP contribution in [0.5, 0.6) is 5.75 Å². The molecule has 0 amide bonds. The first-order chi connectivity index (χ1) is 12.4. The highest BCUT2D eigenvalue weighted by molar-refractivity contribution is 5.80. The van der Waals surface area contributed by atoms with E-state index in [1.165, 1.54) is 4.68 Å². The lowest BCUT2D eigenvalue weighted by atomic mass is 9.86. The zero-order valence-corrected chi connectivity index (χ0v) is 14.4. The van der Waals surface area contributed by atoms with Gasteiger partial charge in [-0.25, -0.2) is 4.68 Å². The van der Waals surface area contributed by atoms with Crippen molar-refractivity contribution in [3.63, 3.8) is 0 Å². The number of aliphatic hydroxyl groups is 1. The maximum atomic E-state index is 13.0. The monoisotopic (exact) mass is 347 g/mol. The van der Waals surface area contributed by atoms with E-state index in [1.54, 1.807) is 50.4 Å². The summed E-state index contributed by atoms with van der Waals surface area (Å²) in [4.78, 5) is 13.0. The van der Waals surface area contributed by atoms with Crippen molar-refractivity contribution in [1.29, 1.82) is 5.26 Å². The third-order valence-corrected chi connectivity index (χ3v) is 4.83. The Bertz CT molecular complexity index is 1110. The topological polar surface area (TPSA) is 88.1 Å². The SMILES string of the molecule is CC1(C)Oc2ccc(C#N)cc2C(n2ncc3ccccc3c2=O)[C@@H]1O. The van der Waals surface area contributed by atoms with E-state index in [4.69, 9.17) is 4.74 Å². The third-order valence-electron chi connectivity index (χ3n) is 4.83. The van der Waals surface area contributed by atoms with Crippen molar-refractivity contribution < 1.29 is 9.84 Å². The molecular weight excluding hydrogens is 330 g/mol. The first kappa shape index (κ1) is 16.3. The van der Waals surface area contributed by atoms with Crippen LogP contribution in [0, 0.1) is 11.3 Å². The molecule has 0 fully saturated rings. The van der Waals surface area contributed by atoms with Gasteiger partial charge in [-0.05, 0) is 38.1 Å². The van der Waals surface area contributed by atoms with Crippen molar-refractivity contribution >= 4 is 10.8 Å². The molecular formula is C20H17N3O3. The van der Waals surface area contributed by atoms with Gasteiger partial charge < -0.3 is 9.84 Å². The summed E-state index contributed by atoms with van der Waals surface area (Å²) in [7, 11) is 0. The zero-order chi connectivity index (χ0) is 18.5. The van der Waals surface area contributed by atoms with Crippen LogP contribution >= 0.6 is 0 Å². The molecule has 1 N–H and O–H groups in total. The number of fused-ring (bicyclic) bond motifs is 2. The number of ether oxygens (including phenoxy) is 1. The molecule has 0 saturated carbocycles. The summed E-state index contributed by atoms with van der Waals surface area (Å²) in [6, 6.07) is 13.5. The van der Waals surface area contributed by atoms with Gasteiger partial charge in [-0.1, -0.05) is 18.2 Å². The van der Waals surface area contributed by atoms with Crippen LogP contribution in [-0.2, 0) is 0 Å². The minimum atomic E-state index is -1.02. The van der Waals surface area contributed by atoms with Crippen molar-refractivity contribution in [2.24, 2.45) is 0 Å². The van der Waals surface area contributed by atoms with Gasteiger partial charge >= 0.3 is 0 Å². The van der Waals surface area contributed by atoms with E-state index in [0.29, 0.717) is 22.3 Å². The van der Waals surface area contributed by atoms with Crippen LogP contribution in [0.1, 0.15) is 31.0 Å². The molecule has 2 atom stereocenters. The maximum absolute atomic E-state index is 13.0. The van der Waals surface area contributed by atoms with E-state index in [0.717, 1.165) is 5.39 Å². The Kier molecular flexibility index (Phi) is 3.56. The molecule has 1 aliphatic rings. The predicted octanol–water partition coefficient (Wildman–Crippen LogP) is 2.39. The molecule has 1 unspecified atom stereocenters. The van der Waals surface area contributed by atoms with Crippen LogP contribution in [0.2, 0.25) is 0 Å². The molecule has 6 nitrogen and oxygen atoms in total. The molecule has 1 aromatic heterocycles. The van der Waals surface area contributed by atoms with Crippen LogP contribution in [0.25, 0.3) is 10.8 Å². The summed E-state index contributed by atoms with van der Waals surface area (Å²) in [5.41, 5.74) is -0.212. The Hall–Kier alpha value is -3.17. The van der Waals surface area contributed by atoms with Crippen molar-refractivity contribution in [3.05, 3.63) is 70.1 Å². The predicted molar refractivity (Wildman–Crippen MR) is 96.0 cm³/mol. The molecule has 0 spiro atoms. The number of hydrogen-bond acceptors (Lipinski definition) is 5.